The Morgan fingerprint density at radius 2 is 2.14 bits per heavy atom. The van der Waals surface area contributed by atoms with E-state index in [0.717, 1.165) is 61.8 Å². The predicted octanol–water partition coefficient (Wildman–Crippen LogP) is 2.52. The highest BCUT2D eigenvalue weighted by atomic mass is 16.6. The fourth-order valence-corrected chi connectivity index (χ4v) is 4.40. The maximum Gasteiger partial charge on any atom is 0.407 e. The molecule has 9 heteroatoms. The second kappa shape index (κ2) is 7.90. The smallest absolute Gasteiger partial charge is 0.407 e. The zero-order valence-corrected chi connectivity index (χ0v) is 16.3. The number of carbonyl (C=O) groups is 1. The van der Waals surface area contributed by atoms with Gasteiger partial charge in [-0.1, -0.05) is 0 Å². The molecule has 1 saturated carbocycles. The van der Waals surface area contributed by atoms with Gasteiger partial charge in [0, 0.05) is 55.3 Å². The number of hydrogen-bond acceptors (Lipinski definition) is 7. The Morgan fingerprint density at radius 1 is 1.17 bits per heavy atom. The van der Waals surface area contributed by atoms with Gasteiger partial charge >= 0.3 is 6.09 Å². The average Bonchev–Trinajstić information content (AvgIpc) is 3.46. The van der Waals surface area contributed by atoms with E-state index in [2.05, 4.69) is 30.7 Å². The molecule has 0 radical (unpaired) electrons. The number of alkyl carbamates (subject to hydrolysis) is 1. The van der Waals surface area contributed by atoms with Gasteiger partial charge in [0.1, 0.15) is 11.9 Å². The Hall–Kier alpha value is -2.81. The lowest BCUT2D eigenvalue weighted by Gasteiger charge is -2.18. The number of anilines is 3. The quantitative estimate of drug-likeness (QED) is 0.626. The first-order chi connectivity index (χ1) is 14.2. The number of nitrogens with one attached hydrogen (secondary N) is 3. The van der Waals surface area contributed by atoms with E-state index in [1.807, 2.05) is 24.4 Å². The molecule has 3 unspecified atom stereocenters. The topological polar surface area (TPSA) is 104 Å². The summed E-state index contributed by atoms with van der Waals surface area (Å²) in [5, 5.41) is 13.7. The average molecular weight is 398 g/mol. The number of aromatic nitrogens is 3. The van der Waals surface area contributed by atoms with Crippen LogP contribution in [0, 0.1) is 0 Å². The summed E-state index contributed by atoms with van der Waals surface area (Å²) in [6, 6.07) is 6.03. The van der Waals surface area contributed by atoms with E-state index in [0.29, 0.717) is 19.1 Å². The molecule has 2 aromatic rings. The standard InChI is InChI=1S/C20H26N6O3/c27-20-22-6-8-28-16-4-7-26(12-16)19-10-14(3-5-21-19)23-18-11-17(24-25-18)13-1-2-15(9-13)29-20/h3,5,10-11,13,15-16H,1-2,4,6-9,12H2,(H,22,27)(H2,23,24,25). The Labute approximate surface area is 169 Å². The van der Waals surface area contributed by atoms with Crippen molar-refractivity contribution in [3.05, 3.63) is 30.1 Å². The highest BCUT2D eigenvalue weighted by Crippen LogP contribution is 2.36. The van der Waals surface area contributed by atoms with E-state index in [9.17, 15) is 4.79 Å². The molecule has 1 amide bonds. The lowest BCUT2D eigenvalue weighted by atomic mass is 10.0. The van der Waals surface area contributed by atoms with Crippen LogP contribution in [0.1, 0.15) is 37.3 Å². The summed E-state index contributed by atoms with van der Waals surface area (Å²) in [6.07, 6.45) is 5.11. The van der Waals surface area contributed by atoms with E-state index in [-0.39, 0.29) is 18.3 Å². The van der Waals surface area contributed by atoms with Crippen molar-refractivity contribution in [2.24, 2.45) is 0 Å². The van der Waals surface area contributed by atoms with E-state index in [4.69, 9.17) is 9.47 Å². The molecule has 3 N–H and O–H groups in total. The molecule has 2 aliphatic heterocycles. The monoisotopic (exact) mass is 398 g/mol. The summed E-state index contributed by atoms with van der Waals surface area (Å²) in [5.74, 6) is 2.02. The molecular formula is C20H26N6O3. The zero-order chi connectivity index (χ0) is 19.6. The number of hydrogen-bond donors (Lipinski definition) is 3. The molecule has 2 fully saturated rings. The lowest BCUT2D eigenvalue weighted by Crippen LogP contribution is -2.32. The van der Waals surface area contributed by atoms with E-state index >= 15 is 0 Å². The first-order valence-electron chi connectivity index (χ1n) is 10.3. The van der Waals surface area contributed by atoms with Gasteiger partial charge in [-0.25, -0.2) is 9.78 Å². The Morgan fingerprint density at radius 3 is 3.10 bits per heavy atom. The summed E-state index contributed by atoms with van der Waals surface area (Å²) >= 11 is 0. The largest absolute Gasteiger partial charge is 0.446 e. The molecule has 154 valence electrons. The summed E-state index contributed by atoms with van der Waals surface area (Å²) in [6.45, 7) is 2.61. The minimum Gasteiger partial charge on any atom is -0.446 e. The van der Waals surface area contributed by atoms with Crippen LogP contribution in [0.4, 0.5) is 22.1 Å². The second-order valence-corrected chi connectivity index (χ2v) is 7.93. The molecule has 0 spiro atoms. The number of amides is 1. The fourth-order valence-electron chi connectivity index (χ4n) is 4.40. The van der Waals surface area contributed by atoms with Gasteiger partial charge in [-0.3, -0.25) is 5.10 Å². The number of aromatic amines is 1. The zero-order valence-electron chi connectivity index (χ0n) is 16.3. The third-order valence-electron chi connectivity index (χ3n) is 5.91. The van der Waals surface area contributed by atoms with E-state index < -0.39 is 0 Å². The molecule has 29 heavy (non-hydrogen) atoms. The number of fused-ring (bicyclic) bond motifs is 10. The number of ether oxygens (including phenoxy) is 2. The van der Waals surface area contributed by atoms with Crippen LogP contribution in [0.2, 0.25) is 0 Å². The molecule has 1 saturated heterocycles. The number of pyridine rings is 1. The highest BCUT2D eigenvalue weighted by molar-refractivity contribution is 5.67. The van der Waals surface area contributed by atoms with Crippen molar-refractivity contribution in [2.75, 3.05) is 36.5 Å². The van der Waals surface area contributed by atoms with Crippen LogP contribution >= 0.6 is 0 Å². The minimum atomic E-state index is -0.364. The minimum absolute atomic E-state index is 0.0612. The maximum absolute atomic E-state index is 12.1. The number of rotatable bonds is 0. The van der Waals surface area contributed by atoms with Gasteiger partial charge in [0.25, 0.3) is 0 Å². The van der Waals surface area contributed by atoms with Crippen molar-refractivity contribution in [1.29, 1.82) is 0 Å². The van der Waals surface area contributed by atoms with E-state index in [1.54, 1.807) is 0 Å². The third-order valence-corrected chi connectivity index (χ3v) is 5.91. The summed E-state index contributed by atoms with van der Waals surface area (Å²) in [5.41, 5.74) is 2.03. The molecule has 2 aromatic heterocycles. The molecule has 4 heterocycles. The van der Waals surface area contributed by atoms with Crippen molar-refractivity contribution in [3.8, 4) is 0 Å². The van der Waals surface area contributed by atoms with Gasteiger partial charge in [-0.2, -0.15) is 5.10 Å². The Bertz CT molecular complexity index is 871. The van der Waals surface area contributed by atoms with Crippen molar-refractivity contribution in [3.63, 3.8) is 0 Å². The van der Waals surface area contributed by atoms with Gasteiger partial charge in [0.15, 0.2) is 5.82 Å². The summed E-state index contributed by atoms with van der Waals surface area (Å²) < 4.78 is 11.5. The first kappa shape index (κ1) is 18.2. The van der Waals surface area contributed by atoms with Crippen molar-refractivity contribution < 1.29 is 14.3 Å². The molecule has 3 aliphatic rings. The van der Waals surface area contributed by atoms with Crippen LogP contribution in [-0.4, -0.2) is 59.7 Å². The predicted molar refractivity (Wildman–Crippen MR) is 108 cm³/mol. The number of H-pyrrole nitrogens is 1. The van der Waals surface area contributed by atoms with Crippen molar-refractivity contribution in [2.45, 2.75) is 43.8 Å². The number of carbonyl (C=O) groups excluding carboxylic acids is 1. The SMILES string of the molecule is O=C1NCCOC2CCN(C2)c2cc(ccn2)Nc2cc([nH]n2)C2CCC(C2)O1. The maximum atomic E-state index is 12.1. The van der Waals surface area contributed by atoms with Crippen LogP contribution < -0.4 is 15.5 Å². The summed E-state index contributed by atoms with van der Waals surface area (Å²) in [7, 11) is 0. The van der Waals surface area contributed by atoms with Gasteiger partial charge in [-0.15, -0.1) is 0 Å². The Kier molecular flexibility index (Phi) is 4.97. The van der Waals surface area contributed by atoms with Crippen LogP contribution in [0.5, 0.6) is 0 Å². The van der Waals surface area contributed by atoms with Crippen molar-refractivity contribution in [1.82, 2.24) is 20.5 Å². The summed E-state index contributed by atoms with van der Waals surface area (Å²) in [4.78, 5) is 18.8. The van der Waals surface area contributed by atoms with Crippen LogP contribution in [0.3, 0.4) is 0 Å². The first-order valence-corrected chi connectivity index (χ1v) is 10.3. The van der Waals surface area contributed by atoms with Gasteiger partial charge in [0.05, 0.1) is 12.7 Å². The molecule has 8 bridgehead atoms. The molecule has 0 aromatic carbocycles. The number of nitrogens with zero attached hydrogens (tertiary/aromatic N) is 3. The van der Waals surface area contributed by atoms with Gasteiger partial charge < -0.3 is 25.0 Å². The van der Waals surface area contributed by atoms with Gasteiger partial charge in [0.2, 0.25) is 0 Å². The fraction of sp³-hybridized carbons (Fsp3) is 0.550. The lowest BCUT2D eigenvalue weighted by molar-refractivity contribution is 0.0640. The molecule has 3 atom stereocenters. The van der Waals surface area contributed by atoms with Crippen molar-refractivity contribution >= 4 is 23.4 Å². The Balaban J connectivity index is 1.36. The highest BCUT2D eigenvalue weighted by Gasteiger charge is 2.30. The molecule has 9 nitrogen and oxygen atoms in total. The molecule has 5 rings (SSSR count). The van der Waals surface area contributed by atoms with Crippen LogP contribution in [-0.2, 0) is 9.47 Å². The van der Waals surface area contributed by atoms with E-state index in [1.165, 1.54) is 0 Å². The van der Waals surface area contributed by atoms with Crippen LogP contribution in [0.25, 0.3) is 0 Å². The van der Waals surface area contributed by atoms with Crippen LogP contribution in [0.15, 0.2) is 24.4 Å². The second-order valence-electron chi connectivity index (χ2n) is 7.93. The molecular weight excluding hydrogens is 372 g/mol. The van der Waals surface area contributed by atoms with Gasteiger partial charge in [-0.05, 0) is 31.7 Å². The molecule has 1 aliphatic carbocycles. The third kappa shape index (κ3) is 4.14. The normalized spacial score (nSPS) is 27.2.